The maximum atomic E-state index is 2.44. The van der Waals surface area contributed by atoms with E-state index in [0.29, 0.717) is 0 Å². The first kappa shape index (κ1) is 34.8. The van der Waals surface area contributed by atoms with Gasteiger partial charge in [0.2, 0.25) is 0 Å². The number of benzene rings is 10. The molecule has 0 bridgehead atoms. The maximum absolute atomic E-state index is 2.44. The fraction of sp³-hybridized carbons (Fsp3) is 0. The van der Waals surface area contributed by atoms with Crippen molar-refractivity contribution in [3.05, 3.63) is 206 Å². The molecular weight excluding hydrogens is 797 g/mol. The molecule has 0 spiro atoms. The zero-order chi connectivity index (χ0) is 40.0. The molecule has 0 atom stereocenters. The highest BCUT2D eigenvalue weighted by molar-refractivity contribution is 7.27. The number of hydrogen-bond donors (Lipinski definition) is 0. The highest BCUT2D eigenvalue weighted by atomic mass is 32.1. The van der Waals surface area contributed by atoms with Gasteiger partial charge in [0.15, 0.2) is 0 Å². The molecule has 0 aliphatic carbocycles. The zero-order valence-corrected chi connectivity index (χ0v) is 35.2. The molecular formula is C56H34N2S3. The lowest BCUT2D eigenvalue weighted by molar-refractivity contribution is 1.26. The van der Waals surface area contributed by atoms with Gasteiger partial charge in [-0.15, -0.1) is 34.0 Å². The van der Waals surface area contributed by atoms with E-state index in [1.165, 1.54) is 82.1 Å². The van der Waals surface area contributed by atoms with Gasteiger partial charge in [-0.1, -0.05) is 109 Å². The van der Waals surface area contributed by atoms with Gasteiger partial charge in [-0.05, 0) is 113 Å². The molecule has 5 heteroatoms. The topological polar surface area (TPSA) is 6.48 Å². The van der Waals surface area contributed by atoms with Crippen LogP contribution in [0.15, 0.2) is 206 Å². The average Bonchev–Trinajstić information content (AvgIpc) is 4.01. The van der Waals surface area contributed by atoms with Crippen LogP contribution in [0.1, 0.15) is 0 Å². The standard InChI is InChI=1S/C56H34N2S3/c1-2-13-35(14-3-1)57(38-25-28-45-47(32-38)41-17-4-5-20-44(41)55-46-21-8-11-24-52(46)61-56(45)55)36-15-12-16-37(31-36)58(39-26-29-53-48(33-39)42-18-6-9-22-50(42)59-53)40-27-30-54-49(34-40)43-19-7-10-23-51(43)60-54/h1-34H. The van der Waals surface area contributed by atoms with Crippen molar-refractivity contribution in [2.45, 2.75) is 0 Å². The molecule has 10 aromatic carbocycles. The number of hydrogen-bond acceptors (Lipinski definition) is 5. The van der Waals surface area contributed by atoms with Gasteiger partial charge < -0.3 is 9.80 Å². The Morgan fingerprint density at radius 1 is 0.230 bits per heavy atom. The molecule has 0 aliphatic rings. The SMILES string of the molecule is c1ccc(N(c2cccc(N(c3ccc4sc5ccccc5c4c3)c3ccc4sc5ccccc5c4c3)c2)c2ccc3c(c2)c2ccccc2c2c4ccccc4sc32)cc1. The van der Waals surface area contributed by atoms with E-state index in [2.05, 4.69) is 216 Å². The molecule has 3 heterocycles. The molecule has 0 saturated heterocycles. The number of para-hydroxylation sites is 1. The molecule has 0 saturated carbocycles. The van der Waals surface area contributed by atoms with Crippen molar-refractivity contribution in [2.24, 2.45) is 0 Å². The lowest BCUT2D eigenvalue weighted by Gasteiger charge is -2.29. The number of rotatable bonds is 6. The normalized spacial score (nSPS) is 11.9. The average molecular weight is 831 g/mol. The Balaban J connectivity index is 1.03. The van der Waals surface area contributed by atoms with Crippen molar-refractivity contribution in [3.8, 4) is 0 Å². The smallest absolute Gasteiger partial charge is 0.0482 e. The van der Waals surface area contributed by atoms with Crippen molar-refractivity contribution < 1.29 is 0 Å². The lowest BCUT2D eigenvalue weighted by atomic mass is 9.96. The first-order chi connectivity index (χ1) is 30.2. The first-order valence-corrected chi connectivity index (χ1v) is 23.0. The summed E-state index contributed by atoms with van der Waals surface area (Å²) < 4.78 is 7.88. The van der Waals surface area contributed by atoms with Crippen molar-refractivity contribution in [2.75, 3.05) is 9.80 Å². The summed E-state index contributed by atoms with van der Waals surface area (Å²) in [5.41, 5.74) is 6.66. The van der Waals surface area contributed by atoms with Crippen LogP contribution in [0.4, 0.5) is 34.1 Å². The Morgan fingerprint density at radius 2 is 0.656 bits per heavy atom. The number of thiophene rings is 3. The van der Waals surface area contributed by atoms with E-state index in [-0.39, 0.29) is 0 Å². The van der Waals surface area contributed by atoms with E-state index in [1.54, 1.807) is 0 Å². The van der Waals surface area contributed by atoms with Crippen molar-refractivity contribution in [3.63, 3.8) is 0 Å². The van der Waals surface area contributed by atoms with Gasteiger partial charge in [0, 0.05) is 100 Å². The molecule has 0 radical (unpaired) electrons. The Labute approximate surface area is 364 Å². The molecule has 0 fully saturated rings. The van der Waals surface area contributed by atoms with Crippen molar-refractivity contribution in [1.29, 1.82) is 0 Å². The Hall–Kier alpha value is -7.02. The van der Waals surface area contributed by atoms with Crippen LogP contribution in [0.3, 0.4) is 0 Å². The van der Waals surface area contributed by atoms with Gasteiger partial charge in [-0.3, -0.25) is 0 Å². The Bertz CT molecular complexity index is 3740. The number of fused-ring (bicyclic) bond motifs is 14. The molecule has 2 nitrogen and oxygen atoms in total. The second kappa shape index (κ2) is 13.8. The third-order valence-electron chi connectivity index (χ3n) is 12.2. The molecule has 0 N–H and O–H groups in total. The predicted molar refractivity (Wildman–Crippen MR) is 269 cm³/mol. The summed E-state index contributed by atoms with van der Waals surface area (Å²) >= 11 is 5.62. The highest BCUT2D eigenvalue weighted by Crippen LogP contribution is 2.48. The van der Waals surface area contributed by atoms with Crippen LogP contribution < -0.4 is 9.80 Å². The van der Waals surface area contributed by atoms with E-state index < -0.39 is 0 Å². The van der Waals surface area contributed by atoms with Crippen LogP contribution in [-0.2, 0) is 0 Å². The van der Waals surface area contributed by atoms with Gasteiger partial charge in [0.1, 0.15) is 0 Å². The van der Waals surface area contributed by atoms with Gasteiger partial charge in [0.05, 0.1) is 0 Å². The van der Waals surface area contributed by atoms with Crippen LogP contribution in [0.2, 0.25) is 0 Å². The molecule has 0 amide bonds. The van der Waals surface area contributed by atoms with Crippen LogP contribution in [0.5, 0.6) is 0 Å². The van der Waals surface area contributed by atoms with Crippen molar-refractivity contribution in [1.82, 2.24) is 0 Å². The third-order valence-corrected chi connectivity index (χ3v) is 15.7. The number of anilines is 6. The van der Waals surface area contributed by atoms with Gasteiger partial charge >= 0.3 is 0 Å². The minimum atomic E-state index is 1.09. The molecule has 3 aromatic heterocycles. The minimum Gasteiger partial charge on any atom is -0.310 e. The van der Waals surface area contributed by atoms with E-state index in [0.717, 1.165) is 34.1 Å². The Kier molecular flexibility index (Phi) is 7.85. The summed E-state index contributed by atoms with van der Waals surface area (Å²) in [6, 6.07) is 76.2. The second-order valence-electron chi connectivity index (χ2n) is 15.7. The lowest BCUT2D eigenvalue weighted by Crippen LogP contribution is -2.13. The summed E-state index contributed by atoms with van der Waals surface area (Å²) in [6.07, 6.45) is 0. The van der Waals surface area contributed by atoms with E-state index >= 15 is 0 Å². The van der Waals surface area contributed by atoms with Gasteiger partial charge in [0.25, 0.3) is 0 Å². The molecule has 13 aromatic rings. The number of nitrogens with zero attached hydrogens (tertiary/aromatic N) is 2. The van der Waals surface area contributed by atoms with Crippen molar-refractivity contribution >= 4 is 150 Å². The van der Waals surface area contributed by atoms with Crippen LogP contribution >= 0.6 is 34.0 Å². The fourth-order valence-electron chi connectivity index (χ4n) is 9.48. The van der Waals surface area contributed by atoms with E-state index in [9.17, 15) is 0 Å². The summed E-state index contributed by atoms with van der Waals surface area (Å²) in [4.78, 5) is 4.85. The molecule has 0 aliphatic heterocycles. The molecule has 61 heavy (non-hydrogen) atoms. The van der Waals surface area contributed by atoms with Gasteiger partial charge in [-0.2, -0.15) is 0 Å². The van der Waals surface area contributed by atoms with Gasteiger partial charge in [-0.25, -0.2) is 0 Å². The van der Waals surface area contributed by atoms with Crippen LogP contribution in [0.25, 0.3) is 82.1 Å². The predicted octanol–water partition coefficient (Wildman–Crippen LogP) is 18.0. The monoisotopic (exact) mass is 830 g/mol. The Morgan fingerprint density at radius 3 is 1.28 bits per heavy atom. The molecule has 13 rings (SSSR count). The summed E-state index contributed by atoms with van der Waals surface area (Å²) in [5, 5.41) is 13.0. The van der Waals surface area contributed by atoms with E-state index in [1.807, 2.05) is 34.0 Å². The molecule has 286 valence electrons. The summed E-state index contributed by atoms with van der Waals surface area (Å²) in [7, 11) is 0. The first-order valence-electron chi connectivity index (χ1n) is 20.6. The second-order valence-corrected chi connectivity index (χ2v) is 18.9. The van der Waals surface area contributed by atoms with Crippen LogP contribution in [-0.4, -0.2) is 0 Å². The summed E-state index contributed by atoms with van der Waals surface area (Å²) in [6.45, 7) is 0. The fourth-order valence-corrected chi connectivity index (χ4v) is 12.9. The zero-order valence-electron chi connectivity index (χ0n) is 32.7. The quantitative estimate of drug-likeness (QED) is 0.154. The van der Waals surface area contributed by atoms with Crippen LogP contribution in [0, 0.1) is 0 Å². The van der Waals surface area contributed by atoms with E-state index in [4.69, 9.17) is 0 Å². The third kappa shape index (κ3) is 5.52. The molecule has 0 unspecified atom stereocenters. The summed E-state index contributed by atoms with van der Waals surface area (Å²) in [5.74, 6) is 0. The minimum absolute atomic E-state index is 1.09. The maximum Gasteiger partial charge on any atom is 0.0482 e. The largest absolute Gasteiger partial charge is 0.310 e. The highest BCUT2D eigenvalue weighted by Gasteiger charge is 2.21.